The van der Waals surface area contributed by atoms with E-state index >= 15 is 0 Å². The highest BCUT2D eigenvalue weighted by molar-refractivity contribution is 7.18. The number of piperidine rings is 1. The molecule has 1 saturated heterocycles. The summed E-state index contributed by atoms with van der Waals surface area (Å²) < 4.78 is 1.19. The first kappa shape index (κ1) is 21.0. The third kappa shape index (κ3) is 4.91. The van der Waals surface area contributed by atoms with Gasteiger partial charge in [-0.2, -0.15) is 0 Å². The number of fused-ring (bicyclic) bond motifs is 1. The largest absolute Gasteiger partial charge is 0.339 e. The Morgan fingerprint density at radius 2 is 1.58 bits per heavy atom. The van der Waals surface area contributed by atoms with Crippen molar-refractivity contribution in [2.45, 2.75) is 32.6 Å². The zero-order valence-electron chi connectivity index (χ0n) is 17.5. The van der Waals surface area contributed by atoms with Gasteiger partial charge in [0.2, 0.25) is 11.8 Å². The van der Waals surface area contributed by atoms with Crippen molar-refractivity contribution < 1.29 is 14.4 Å². The quantitative estimate of drug-likeness (QED) is 0.640. The highest BCUT2D eigenvalue weighted by Gasteiger charge is 2.27. The molecule has 1 aromatic heterocycles. The molecule has 0 radical (unpaired) electrons. The van der Waals surface area contributed by atoms with Crippen LogP contribution in [0.2, 0.25) is 0 Å². The number of benzene rings is 2. The van der Waals surface area contributed by atoms with Crippen molar-refractivity contribution in [1.29, 1.82) is 0 Å². The van der Waals surface area contributed by atoms with Gasteiger partial charge in [-0.05, 0) is 43.2 Å². The summed E-state index contributed by atoms with van der Waals surface area (Å²) in [5, 5.41) is 6.51. The molecular formula is C23H24N4O3S. The molecule has 160 valence electrons. The van der Waals surface area contributed by atoms with Crippen molar-refractivity contribution >= 4 is 50.6 Å². The maximum absolute atomic E-state index is 13.1. The van der Waals surface area contributed by atoms with Crippen LogP contribution in [0.5, 0.6) is 0 Å². The molecular weight excluding hydrogens is 412 g/mol. The molecule has 2 N–H and O–H groups in total. The monoisotopic (exact) mass is 436 g/mol. The number of aromatic nitrogens is 1. The van der Waals surface area contributed by atoms with E-state index in [4.69, 9.17) is 4.98 Å². The van der Waals surface area contributed by atoms with E-state index < -0.39 is 0 Å². The fourth-order valence-electron chi connectivity index (χ4n) is 3.88. The van der Waals surface area contributed by atoms with Gasteiger partial charge >= 0.3 is 0 Å². The first-order valence-electron chi connectivity index (χ1n) is 10.2. The summed E-state index contributed by atoms with van der Waals surface area (Å²) >= 11 is 1.73. The maximum Gasteiger partial charge on any atom is 0.254 e. The van der Waals surface area contributed by atoms with Gasteiger partial charge < -0.3 is 15.5 Å². The number of likely N-dealkylation sites (tertiary alicyclic amines) is 1. The highest BCUT2D eigenvalue weighted by atomic mass is 32.1. The number of carbonyl (C=O) groups is 3. The van der Waals surface area contributed by atoms with Crippen molar-refractivity contribution in [2.24, 2.45) is 0 Å². The Morgan fingerprint density at radius 1 is 0.968 bits per heavy atom. The van der Waals surface area contributed by atoms with Crippen LogP contribution in [-0.4, -0.2) is 40.7 Å². The van der Waals surface area contributed by atoms with Crippen molar-refractivity contribution in [1.82, 2.24) is 9.88 Å². The van der Waals surface area contributed by atoms with Gasteiger partial charge in [-0.1, -0.05) is 12.1 Å². The normalized spacial score (nSPS) is 14.5. The predicted molar refractivity (Wildman–Crippen MR) is 123 cm³/mol. The number of nitrogens with zero attached hydrogens (tertiary/aromatic N) is 2. The first-order valence-corrected chi connectivity index (χ1v) is 11.1. The molecule has 0 bridgehead atoms. The van der Waals surface area contributed by atoms with E-state index in [1.165, 1.54) is 18.5 Å². The van der Waals surface area contributed by atoms with Gasteiger partial charge in [-0.25, -0.2) is 4.98 Å². The van der Waals surface area contributed by atoms with Crippen LogP contribution in [0, 0.1) is 0 Å². The second-order valence-corrected chi connectivity index (χ2v) is 8.81. The molecule has 4 rings (SSSR count). The van der Waals surface area contributed by atoms with Crippen LogP contribution < -0.4 is 10.6 Å². The van der Waals surface area contributed by atoms with E-state index in [0.29, 0.717) is 35.9 Å². The minimum absolute atomic E-state index is 0.110. The molecule has 0 unspecified atom stereocenters. The number of anilines is 2. The lowest BCUT2D eigenvalue weighted by atomic mass is 9.97. The average Bonchev–Trinajstić information content (AvgIpc) is 3.16. The lowest BCUT2D eigenvalue weighted by molar-refractivity contribution is -0.115. The fraction of sp³-hybridized carbons (Fsp3) is 0.304. The van der Waals surface area contributed by atoms with Gasteiger partial charge in [-0.15, -0.1) is 11.3 Å². The van der Waals surface area contributed by atoms with Crippen LogP contribution in [0.15, 0.2) is 42.5 Å². The van der Waals surface area contributed by atoms with E-state index in [-0.39, 0.29) is 17.7 Å². The number of carbonyl (C=O) groups excluding carboxylic acids is 3. The van der Waals surface area contributed by atoms with Gasteiger partial charge in [0.1, 0.15) is 0 Å². The lowest BCUT2D eigenvalue weighted by Gasteiger charge is -2.31. The van der Waals surface area contributed by atoms with Gasteiger partial charge in [0.15, 0.2) is 0 Å². The SMILES string of the molecule is CC(=O)Nc1cc(NC(C)=O)cc(C(=O)N2CCC(c3nc4ccccc4s3)CC2)c1. The summed E-state index contributed by atoms with van der Waals surface area (Å²) in [5.74, 6) is -0.242. The lowest BCUT2D eigenvalue weighted by Crippen LogP contribution is -2.38. The van der Waals surface area contributed by atoms with E-state index in [1.54, 1.807) is 29.5 Å². The van der Waals surface area contributed by atoms with Gasteiger partial charge in [-0.3, -0.25) is 14.4 Å². The summed E-state index contributed by atoms with van der Waals surface area (Å²) in [6, 6.07) is 13.1. The topological polar surface area (TPSA) is 91.4 Å². The molecule has 3 aromatic rings. The maximum atomic E-state index is 13.1. The molecule has 0 atom stereocenters. The van der Waals surface area contributed by atoms with Crippen LogP contribution in [-0.2, 0) is 9.59 Å². The van der Waals surface area contributed by atoms with Gasteiger partial charge in [0.25, 0.3) is 5.91 Å². The molecule has 7 nitrogen and oxygen atoms in total. The molecule has 1 fully saturated rings. The highest BCUT2D eigenvalue weighted by Crippen LogP contribution is 2.34. The van der Waals surface area contributed by atoms with Gasteiger partial charge in [0.05, 0.1) is 15.2 Å². The average molecular weight is 437 g/mol. The second-order valence-electron chi connectivity index (χ2n) is 7.75. The van der Waals surface area contributed by atoms with Crippen LogP contribution >= 0.6 is 11.3 Å². The Bertz CT molecular complexity index is 1080. The van der Waals surface area contributed by atoms with E-state index in [2.05, 4.69) is 16.7 Å². The van der Waals surface area contributed by atoms with Crippen LogP contribution in [0.4, 0.5) is 11.4 Å². The van der Waals surface area contributed by atoms with E-state index in [1.807, 2.05) is 23.1 Å². The number of amides is 3. The minimum atomic E-state index is -0.241. The minimum Gasteiger partial charge on any atom is -0.339 e. The molecule has 0 spiro atoms. The second kappa shape index (κ2) is 8.85. The number of hydrogen-bond donors (Lipinski definition) is 2. The zero-order chi connectivity index (χ0) is 22.0. The molecule has 8 heteroatoms. The Kier molecular flexibility index (Phi) is 5.99. The van der Waals surface area contributed by atoms with Crippen LogP contribution in [0.3, 0.4) is 0 Å². The Labute approximate surface area is 184 Å². The Balaban J connectivity index is 1.48. The molecule has 1 aliphatic rings. The summed E-state index contributed by atoms with van der Waals surface area (Å²) in [4.78, 5) is 42.7. The smallest absolute Gasteiger partial charge is 0.254 e. The number of para-hydroxylation sites is 1. The third-order valence-electron chi connectivity index (χ3n) is 5.26. The number of thiazole rings is 1. The fourth-order valence-corrected chi connectivity index (χ4v) is 5.02. The Hall–Kier alpha value is -3.26. The third-order valence-corrected chi connectivity index (χ3v) is 6.46. The molecule has 2 heterocycles. The standard InChI is InChI=1S/C23H24N4O3S/c1-14(28)24-18-11-17(12-19(13-18)25-15(2)29)23(30)27-9-7-16(8-10-27)22-26-20-5-3-4-6-21(20)31-22/h3-6,11-13,16H,7-10H2,1-2H3,(H,24,28)(H,25,29). The summed E-state index contributed by atoms with van der Waals surface area (Å²) in [7, 11) is 0. The molecule has 1 aliphatic heterocycles. The molecule has 2 aromatic carbocycles. The number of rotatable bonds is 4. The van der Waals surface area contributed by atoms with Gasteiger partial charge in [0, 0.05) is 49.8 Å². The molecule has 0 aliphatic carbocycles. The summed E-state index contributed by atoms with van der Waals surface area (Å²) in [6.07, 6.45) is 1.71. The Morgan fingerprint density at radius 3 is 2.16 bits per heavy atom. The molecule has 0 saturated carbocycles. The first-order chi connectivity index (χ1) is 14.9. The summed E-state index contributed by atoms with van der Waals surface area (Å²) in [5.41, 5.74) is 2.42. The number of hydrogen-bond acceptors (Lipinski definition) is 5. The van der Waals surface area contributed by atoms with Crippen LogP contribution in [0.1, 0.15) is 48.0 Å². The molecule has 3 amide bonds. The molecule has 31 heavy (non-hydrogen) atoms. The zero-order valence-corrected chi connectivity index (χ0v) is 18.3. The van der Waals surface area contributed by atoms with Crippen molar-refractivity contribution in [3.63, 3.8) is 0 Å². The van der Waals surface area contributed by atoms with E-state index in [0.717, 1.165) is 23.4 Å². The number of nitrogens with one attached hydrogen (secondary N) is 2. The van der Waals surface area contributed by atoms with Crippen LogP contribution in [0.25, 0.3) is 10.2 Å². The van der Waals surface area contributed by atoms with E-state index in [9.17, 15) is 14.4 Å². The van der Waals surface area contributed by atoms with Crippen molar-refractivity contribution in [2.75, 3.05) is 23.7 Å². The predicted octanol–water partition coefficient (Wildman–Crippen LogP) is 4.23. The summed E-state index contributed by atoms with van der Waals surface area (Å²) in [6.45, 7) is 4.08. The van der Waals surface area contributed by atoms with Crippen molar-refractivity contribution in [3.05, 3.63) is 53.0 Å². The van der Waals surface area contributed by atoms with Crippen molar-refractivity contribution in [3.8, 4) is 0 Å².